The first-order valence-electron chi connectivity index (χ1n) is 10.0. The Hall–Kier alpha value is -3.28. The quantitative estimate of drug-likeness (QED) is 0.490. The van der Waals surface area contributed by atoms with Crippen molar-refractivity contribution in [2.45, 2.75) is 13.0 Å². The Bertz CT molecular complexity index is 1300. The van der Waals surface area contributed by atoms with Crippen LogP contribution in [-0.2, 0) is 13.0 Å². The summed E-state index contributed by atoms with van der Waals surface area (Å²) in [6.07, 6.45) is 2.14. The number of fused-ring (bicyclic) bond motifs is 3. The van der Waals surface area contributed by atoms with Gasteiger partial charge in [-0.15, -0.1) is 0 Å². The molecule has 0 aliphatic carbocycles. The second-order valence-electron chi connectivity index (χ2n) is 7.52. The van der Waals surface area contributed by atoms with E-state index in [1.165, 1.54) is 6.26 Å². The van der Waals surface area contributed by atoms with Gasteiger partial charge in [0.05, 0.1) is 23.1 Å². The predicted molar refractivity (Wildman–Crippen MR) is 122 cm³/mol. The van der Waals surface area contributed by atoms with E-state index in [0.717, 1.165) is 28.1 Å². The largest absolute Gasteiger partial charge is 0.473 e. The molecule has 1 aliphatic rings. The van der Waals surface area contributed by atoms with Gasteiger partial charge in [-0.25, -0.2) is 0 Å². The highest BCUT2D eigenvalue weighted by molar-refractivity contribution is 6.30. The van der Waals surface area contributed by atoms with Crippen LogP contribution in [0.15, 0.2) is 76.1 Å². The number of halogens is 1. The van der Waals surface area contributed by atoms with Crippen molar-refractivity contribution in [2.24, 2.45) is 0 Å². The fourth-order valence-corrected chi connectivity index (χ4v) is 4.03. The smallest absolute Gasteiger partial charge is 0.200 e. The molecule has 1 aromatic heterocycles. The number of benzene rings is 3. The van der Waals surface area contributed by atoms with Gasteiger partial charge in [-0.1, -0.05) is 35.9 Å². The maximum Gasteiger partial charge on any atom is 0.200 e. The van der Waals surface area contributed by atoms with E-state index in [0.29, 0.717) is 41.3 Å². The summed E-state index contributed by atoms with van der Waals surface area (Å²) in [6, 6.07) is 18.8. The molecule has 0 bridgehead atoms. The third-order valence-corrected chi connectivity index (χ3v) is 5.84. The van der Waals surface area contributed by atoms with E-state index in [9.17, 15) is 4.79 Å². The third kappa shape index (κ3) is 3.67. The molecule has 6 heteroatoms. The Morgan fingerprint density at radius 2 is 1.77 bits per heavy atom. The van der Waals surface area contributed by atoms with Gasteiger partial charge in [0.25, 0.3) is 0 Å². The lowest BCUT2D eigenvalue weighted by Crippen LogP contribution is -2.32. The highest BCUT2D eigenvalue weighted by Gasteiger charge is 2.23. The van der Waals surface area contributed by atoms with Crippen LogP contribution in [0.3, 0.4) is 0 Å². The third-order valence-electron chi connectivity index (χ3n) is 5.58. The summed E-state index contributed by atoms with van der Waals surface area (Å²) in [5, 5.41) is 10.2. The molecular weight excluding hydrogens is 414 g/mol. The van der Waals surface area contributed by atoms with Crippen LogP contribution in [-0.4, -0.2) is 18.4 Å². The van der Waals surface area contributed by atoms with Gasteiger partial charge in [0.1, 0.15) is 17.6 Å². The Labute approximate surface area is 184 Å². The first kappa shape index (κ1) is 19.7. The van der Waals surface area contributed by atoms with E-state index in [1.807, 2.05) is 42.5 Å². The number of anilines is 1. The lowest BCUT2D eigenvalue weighted by Gasteiger charge is -2.31. The molecule has 0 radical (unpaired) electrons. The molecule has 0 spiro atoms. The molecule has 0 fully saturated rings. The van der Waals surface area contributed by atoms with E-state index in [-0.39, 0.29) is 12.0 Å². The maximum atomic E-state index is 13.2. The summed E-state index contributed by atoms with van der Waals surface area (Å²) in [5.41, 5.74) is 4.65. The summed E-state index contributed by atoms with van der Waals surface area (Å²) >= 11 is 5.97. The second kappa shape index (κ2) is 8.10. The van der Waals surface area contributed by atoms with Crippen molar-refractivity contribution in [2.75, 3.05) is 18.2 Å². The fraction of sp³-hybridized carbons (Fsp3) is 0.160. The van der Waals surface area contributed by atoms with Crippen LogP contribution in [0.5, 0.6) is 5.75 Å². The Morgan fingerprint density at radius 3 is 2.52 bits per heavy atom. The molecular formula is C25H20ClNO4. The van der Waals surface area contributed by atoms with Gasteiger partial charge in [-0.3, -0.25) is 4.79 Å². The average Bonchev–Trinajstić information content (AvgIpc) is 2.80. The second-order valence-corrected chi connectivity index (χ2v) is 7.95. The van der Waals surface area contributed by atoms with Gasteiger partial charge < -0.3 is 19.2 Å². The van der Waals surface area contributed by atoms with Gasteiger partial charge in [0, 0.05) is 17.3 Å². The summed E-state index contributed by atoms with van der Waals surface area (Å²) < 4.78 is 11.9. The highest BCUT2D eigenvalue weighted by atomic mass is 35.5. The monoisotopic (exact) mass is 433 g/mol. The molecule has 4 aromatic rings. The molecule has 2 heterocycles. The standard InChI is InChI=1S/C25H20ClNO4/c26-18-5-3-17(4-6-18)22-14-30-25-20(24(22)29)9-10-23-21(25)13-27(15-31-23)19-7-1-16(2-8-19)11-12-28/h1-10,14,28H,11-13,15H2. The van der Waals surface area contributed by atoms with Crippen LogP contribution < -0.4 is 15.1 Å². The van der Waals surface area contributed by atoms with Crippen LogP contribution in [0.1, 0.15) is 11.1 Å². The lowest BCUT2D eigenvalue weighted by molar-refractivity contribution is 0.289. The van der Waals surface area contributed by atoms with Crippen LogP contribution >= 0.6 is 11.6 Å². The van der Waals surface area contributed by atoms with Crippen molar-refractivity contribution in [3.63, 3.8) is 0 Å². The minimum atomic E-state index is -0.0862. The maximum absolute atomic E-state index is 13.2. The number of hydrogen-bond donors (Lipinski definition) is 1. The zero-order valence-electron chi connectivity index (χ0n) is 16.7. The van der Waals surface area contributed by atoms with Crippen LogP contribution in [0, 0.1) is 0 Å². The summed E-state index contributed by atoms with van der Waals surface area (Å²) in [5.74, 6) is 0.725. The molecule has 1 aliphatic heterocycles. The summed E-state index contributed by atoms with van der Waals surface area (Å²) in [4.78, 5) is 15.3. The molecule has 1 N–H and O–H groups in total. The number of rotatable bonds is 4. The molecule has 31 heavy (non-hydrogen) atoms. The van der Waals surface area contributed by atoms with Crippen molar-refractivity contribution in [1.29, 1.82) is 0 Å². The summed E-state index contributed by atoms with van der Waals surface area (Å²) in [7, 11) is 0. The first-order chi connectivity index (χ1) is 15.1. The number of nitrogens with zero attached hydrogens (tertiary/aromatic N) is 1. The molecule has 0 saturated heterocycles. The molecule has 0 atom stereocenters. The van der Waals surface area contributed by atoms with Crippen LogP contribution in [0.4, 0.5) is 5.69 Å². The lowest BCUT2D eigenvalue weighted by atomic mass is 10.0. The molecule has 0 saturated carbocycles. The highest BCUT2D eigenvalue weighted by Crippen LogP contribution is 2.34. The summed E-state index contributed by atoms with van der Waals surface area (Å²) in [6.45, 7) is 1.10. The Morgan fingerprint density at radius 1 is 1.00 bits per heavy atom. The molecule has 0 unspecified atom stereocenters. The predicted octanol–water partition coefficient (Wildman–Crippen LogP) is 5.00. The fourth-order valence-electron chi connectivity index (χ4n) is 3.91. The number of aliphatic hydroxyl groups is 1. The van der Waals surface area contributed by atoms with Gasteiger partial charge in [0.15, 0.2) is 6.73 Å². The van der Waals surface area contributed by atoms with Gasteiger partial charge in [0.2, 0.25) is 5.43 Å². The molecule has 156 valence electrons. The zero-order chi connectivity index (χ0) is 21.4. The Kier molecular flexibility index (Phi) is 5.14. The van der Waals surface area contributed by atoms with Gasteiger partial charge in [-0.05, 0) is 53.9 Å². The number of ether oxygens (including phenoxy) is 1. The van der Waals surface area contributed by atoms with Gasteiger partial charge >= 0.3 is 0 Å². The molecule has 5 rings (SSSR count). The SMILES string of the molecule is O=c1c(-c2ccc(Cl)cc2)coc2c3c(ccc12)OCN(c1ccc(CCO)cc1)C3. The molecule has 0 amide bonds. The minimum absolute atomic E-state index is 0.0862. The van der Waals surface area contributed by atoms with E-state index in [2.05, 4.69) is 4.90 Å². The van der Waals surface area contributed by atoms with E-state index >= 15 is 0 Å². The topological polar surface area (TPSA) is 62.9 Å². The van der Waals surface area contributed by atoms with E-state index < -0.39 is 0 Å². The van der Waals surface area contributed by atoms with Crippen LogP contribution in [0.2, 0.25) is 5.02 Å². The van der Waals surface area contributed by atoms with Crippen molar-refractivity contribution in [1.82, 2.24) is 0 Å². The van der Waals surface area contributed by atoms with Crippen molar-refractivity contribution in [3.05, 3.63) is 93.3 Å². The number of aliphatic hydroxyl groups excluding tert-OH is 1. The number of hydrogen-bond acceptors (Lipinski definition) is 5. The van der Waals surface area contributed by atoms with Crippen LogP contribution in [0.25, 0.3) is 22.1 Å². The van der Waals surface area contributed by atoms with E-state index in [4.69, 9.17) is 25.9 Å². The zero-order valence-corrected chi connectivity index (χ0v) is 17.4. The molecule has 5 nitrogen and oxygen atoms in total. The van der Waals surface area contributed by atoms with Gasteiger partial charge in [-0.2, -0.15) is 0 Å². The first-order valence-corrected chi connectivity index (χ1v) is 10.4. The van der Waals surface area contributed by atoms with Crippen molar-refractivity contribution in [3.8, 4) is 16.9 Å². The Balaban J connectivity index is 1.52. The molecule has 3 aromatic carbocycles. The average molecular weight is 434 g/mol. The minimum Gasteiger partial charge on any atom is -0.473 e. The normalized spacial score (nSPS) is 13.2. The van der Waals surface area contributed by atoms with Crippen molar-refractivity contribution < 1.29 is 14.3 Å². The van der Waals surface area contributed by atoms with Crippen molar-refractivity contribution >= 4 is 28.3 Å². The van der Waals surface area contributed by atoms with E-state index in [1.54, 1.807) is 18.2 Å².